The zero-order chi connectivity index (χ0) is 21.0. The molecule has 0 unspecified atom stereocenters. The molecular weight excluding hydrogens is 411 g/mol. The van der Waals surface area contributed by atoms with E-state index < -0.39 is 12.3 Å². The molecule has 2 aromatic carbocycles. The van der Waals surface area contributed by atoms with Crippen LogP contribution in [0.5, 0.6) is 5.75 Å². The molecule has 0 fully saturated rings. The molecule has 0 aliphatic rings. The summed E-state index contributed by atoms with van der Waals surface area (Å²) in [5.74, 6) is -0.946. The molecule has 7 nitrogen and oxygen atoms in total. The Hall–Kier alpha value is -3.27. The van der Waals surface area contributed by atoms with Gasteiger partial charge in [-0.2, -0.15) is 4.68 Å². The molecule has 0 radical (unpaired) electrons. The Morgan fingerprint density at radius 2 is 1.79 bits per heavy atom. The number of ether oxygens (including phenoxy) is 1. The highest BCUT2D eigenvalue weighted by molar-refractivity contribution is 6.30. The lowest BCUT2D eigenvalue weighted by Gasteiger charge is -2.09. The van der Waals surface area contributed by atoms with E-state index in [2.05, 4.69) is 20.4 Å². The Bertz CT molecular complexity index is 988. The second-order valence-electron chi connectivity index (χ2n) is 5.91. The van der Waals surface area contributed by atoms with E-state index in [0.29, 0.717) is 23.7 Å². The largest absolute Gasteiger partial charge is 0.573 e. The number of nitrogens with two attached hydrogens (primary N) is 1. The van der Waals surface area contributed by atoms with Crippen LogP contribution in [0.15, 0.2) is 48.5 Å². The molecule has 0 atom stereocenters. The Balaban J connectivity index is 1.63. The number of hydrogen-bond donors (Lipinski definition) is 2. The van der Waals surface area contributed by atoms with Crippen LogP contribution in [0.4, 0.5) is 19.0 Å². The molecule has 0 aliphatic carbocycles. The van der Waals surface area contributed by atoms with E-state index in [4.69, 9.17) is 17.3 Å². The third kappa shape index (κ3) is 5.38. The maximum atomic E-state index is 12.3. The standard InChI is InChI=1S/C18H15ClF3N5O2/c19-12-3-1-11(2-4-12)9-10-24-17(28)15-16(23)27(26-25-15)13-5-7-14(8-6-13)29-18(20,21)22/h1-8H,9-10,23H2,(H,24,28). The molecule has 1 aromatic heterocycles. The van der Waals surface area contributed by atoms with Crippen molar-refractivity contribution >= 4 is 23.3 Å². The zero-order valence-electron chi connectivity index (χ0n) is 14.8. The number of nitrogen functional groups attached to an aromatic ring is 1. The Kier molecular flexibility index (Phi) is 5.92. The average molecular weight is 426 g/mol. The van der Waals surface area contributed by atoms with Crippen molar-refractivity contribution in [3.05, 3.63) is 64.8 Å². The molecule has 29 heavy (non-hydrogen) atoms. The molecular formula is C18H15ClF3N5O2. The van der Waals surface area contributed by atoms with E-state index in [9.17, 15) is 18.0 Å². The number of rotatable bonds is 6. The van der Waals surface area contributed by atoms with Gasteiger partial charge in [0.15, 0.2) is 11.5 Å². The number of carbonyl (C=O) groups is 1. The first-order valence-corrected chi connectivity index (χ1v) is 8.71. The number of amides is 1. The SMILES string of the molecule is Nc1c(C(=O)NCCc2ccc(Cl)cc2)nnn1-c1ccc(OC(F)(F)F)cc1. The molecule has 1 amide bonds. The molecule has 0 saturated carbocycles. The highest BCUT2D eigenvalue weighted by Gasteiger charge is 2.31. The normalized spacial score (nSPS) is 11.3. The lowest BCUT2D eigenvalue weighted by molar-refractivity contribution is -0.274. The topological polar surface area (TPSA) is 95.1 Å². The lowest BCUT2D eigenvalue weighted by atomic mass is 10.1. The molecule has 3 N–H and O–H groups in total. The van der Waals surface area contributed by atoms with Crippen LogP contribution in [0.1, 0.15) is 16.1 Å². The van der Waals surface area contributed by atoms with Gasteiger partial charge >= 0.3 is 6.36 Å². The third-order valence-electron chi connectivity index (χ3n) is 3.85. The van der Waals surface area contributed by atoms with Gasteiger partial charge in [-0.15, -0.1) is 18.3 Å². The maximum Gasteiger partial charge on any atom is 0.573 e. The quantitative estimate of drug-likeness (QED) is 0.631. The predicted octanol–water partition coefficient (Wildman–Crippen LogP) is 3.37. The van der Waals surface area contributed by atoms with Gasteiger partial charge in [-0.1, -0.05) is 28.9 Å². The van der Waals surface area contributed by atoms with Crippen molar-refractivity contribution in [2.45, 2.75) is 12.8 Å². The summed E-state index contributed by atoms with van der Waals surface area (Å²) in [5.41, 5.74) is 7.16. The molecule has 152 valence electrons. The third-order valence-corrected chi connectivity index (χ3v) is 4.10. The number of nitrogens with zero attached hydrogens (tertiary/aromatic N) is 3. The molecule has 1 heterocycles. The predicted molar refractivity (Wildman–Crippen MR) is 99.9 cm³/mol. The Labute approximate surface area is 168 Å². The van der Waals surface area contributed by atoms with Gasteiger partial charge in [0.05, 0.1) is 5.69 Å². The number of carbonyl (C=O) groups excluding carboxylic acids is 1. The van der Waals surface area contributed by atoms with Crippen molar-refractivity contribution in [3.8, 4) is 11.4 Å². The number of aromatic nitrogens is 3. The minimum absolute atomic E-state index is 0.0431. The van der Waals surface area contributed by atoms with Crippen LogP contribution in [0.25, 0.3) is 5.69 Å². The molecule has 0 aliphatic heterocycles. The van der Waals surface area contributed by atoms with Gasteiger partial charge in [-0.3, -0.25) is 4.79 Å². The zero-order valence-corrected chi connectivity index (χ0v) is 15.5. The van der Waals surface area contributed by atoms with Gasteiger partial charge in [0.2, 0.25) is 0 Å². The molecule has 11 heteroatoms. The van der Waals surface area contributed by atoms with Crippen LogP contribution < -0.4 is 15.8 Å². The van der Waals surface area contributed by atoms with Crippen molar-refractivity contribution in [2.24, 2.45) is 0 Å². The van der Waals surface area contributed by atoms with Crippen molar-refractivity contribution in [3.63, 3.8) is 0 Å². The highest BCUT2D eigenvalue weighted by Crippen LogP contribution is 2.24. The van der Waals surface area contributed by atoms with Gasteiger partial charge in [0.1, 0.15) is 5.75 Å². The summed E-state index contributed by atoms with van der Waals surface area (Å²) in [5, 5.41) is 10.9. The molecule has 0 spiro atoms. The summed E-state index contributed by atoms with van der Waals surface area (Å²) >= 11 is 5.83. The number of halogens is 4. The van der Waals surface area contributed by atoms with Crippen LogP contribution in [-0.2, 0) is 6.42 Å². The smallest absolute Gasteiger partial charge is 0.406 e. The number of alkyl halides is 3. The van der Waals surface area contributed by atoms with Crippen molar-refractivity contribution in [1.82, 2.24) is 20.3 Å². The number of anilines is 1. The fourth-order valence-corrected chi connectivity index (χ4v) is 2.61. The van der Waals surface area contributed by atoms with Crippen LogP contribution in [-0.4, -0.2) is 33.8 Å². The summed E-state index contributed by atoms with van der Waals surface area (Å²) in [6, 6.07) is 12.1. The first-order chi connectivity index (χ1) is 13.7. The summed E-state index contributed by atoms with van der Waals surface area (Å²) < 4.78 is 41.6. The lowest BCUT2D eigenvalue weighted by Crippen LogP contribution is -2.27. The first-order valence-electron chi connectivity index (χ1n) is 8.33. The van der Waals surface area contributed by atoms with Gasteiger partial charge in [0, 0.05) is 11.6 Å². The number of benzene rings is 2. The fourth-order valence-electron chi connectivity index (χ4n) is 2.49. The minimum atomic E-state index is -4.79. The number of hydrogen-bond acceptors (Lipinski definition) is 5. The van der Waals surface area contributed by atoms with E-state index >= 15 is 0 Å². The van der Waals surface area contributed by atoms with E-state index in [0.717, 1.165) is 22.4 Å². The first kappa shape index (κ1) is 20.5. The summed E-state index contributed by atoms with van der Waals surface area (Å²) in [6.45, 7) is 0.343. The monoisotopic (exact) mass is 425 g/mol. The van der Waals surface area contributed by atoms with E-state index in [1.165, 1.54) is 12.1 Å². The van der Waals surface area contributed by atoms with Crippen LogP contribution in [0.3, 0.4) is 0 Å². The van der Waals surface area contributed by atoms with E-state index in [1.807, 2.05) is 12.1 Å². The van der Waals surface area contributed by atoms with E-state index in [-0.39, 0.29) is 17.3 Å². The van der Waals surface area contributed by atoms with Gasteiger partial charge in [0.25, 0.3) is 5.91 Å². The maximum absolute atomic E-state index is 12.3. The number of nitrogens with one attached hydrogen (secondary N) is 1. The van der Waals surface area contributed by atoms with Gasteiger partial charge < -0.3 is 15.8 Å². The second kappa shape index (κ2) is 8.39. The molecule has 0 saturated heterocycles. The fraction of sp³-hybridized carbons (Fsp3) is 0.167. The van der Waals surface area contributed by atoms with Crippen molar-refractivity contribution in [1.29, 1.82) is 0 Å². The van der Waals surface area contributed by atoms with E-state index in [1.54, 1.807) is 12.1 Å². The Morgan fingerprint density at radius 3 is 2.41 bits per heavy atom. The summed E-state index contributed by atoms with van der Waals surface area (Å²) in [6.07, 6.45) is -4.21. The molecule has 3 rings (SSSR count). The second-order valence-corrected chi connectivity index (χ2v) is 6.35. The summed E-state index contributed by atoms with van der Waals surface area (Å²) in [4.78, 5) is 12.3. The average Bonchev–Trinajstić information content (AvgIpc) is 3.04. The van der Waals surface area contributed by atoms with Crippen molar-refractivity contribution in [2.75, 3.05) is 12.3 Å². The van der Waals surface area contributed by atoms with Crippen LogP contribution in [0, 0.1) is 0 Å². The summed E-state index contributed by atoms with van der Waals surface area (Å²) in [7, 11) is 0. The van der Waals surface area contributed by atoms with Crippen LogP contribution >= 0.6 is 11.6 Å². The van der Waals surface area contributed by atoms with Gasteiger partial charge in [-0.25, -0.2) is 0 Å². The molecule has 0 bridgehead atoms. The molecule has 3 aromatic rings. The highest BCUT2D eigenvalue weighted by atomic mass is 35.5. The van der Waals surface area contributed by atoms with Crippen molar-refractivity contribution < 1.29 is 22.7 Å². The van der Waals surface area contributed by atoms with Gasteiger partial charge in [-0.05, 0) is 48.4 Å². The minimum Gasteiger partial charge on any atom is -0.406 e. The Morgan fingerprint density at radius 1 is 1.14 bits per heavy atom. The van der Waals surface area contributed by atoms with Crippen LogP contribution in [0.2, 0.25) is 5.02 Å².